The van der Waals surface area contributed by atoms with Crippen molar-refractivity contribution in [3.05, 3.63) is 0 Å². The van der Waals surface area contributed by atoms with E-state index in [1.165, 1.54) is 25.7 Å². The molecule has 112 valence electrons. The van der Waals surface area contributed by atoms with Crippen molar-refractivity contribution in [2.24, 2.45) is 17.8 Å². The molecule has 3 fully saturated rings. The number of hydrogen-bond acceptors (Lipinski definition) is 3. The molecule has 1 aliphatic heterocycles. The zero-order chi connectivity index (χ0) is 14.3. The van der Waals surface area contributed by atoms with E-state index in [1.807, 2.05) is 7.05 Å². The molecule has 0 aromatic rings. The summed E-state index contributed by atoms with van der Waals surface area (Å²) in [6.45, 7) is 0.803. The molecule has 5 atom stereocenters. The van der Waals surface area contributed by atoms with Crippen LogP contribution in [0.25, 0.3) is 0 Å². The highest BCUT2D eigenvalue weighted by atomic mass is 16.5. The number of carboxylic acids is 1. The number of fused-ring (bicyclic) bond motifs is 2. The standard InChI is InChI=1S/C15H23NO4/c1-16(8-11-7-9-2-3-10(11)6-9)14(17)12-4-5-13(20-12)15(18)19/h9-13H,2-8H2,1H3,(H,18,19)/t9?,10?,11?,12-,13+/m0/s1. The highest BCUT2D eigenvalue weighted by Crippen LogP contribution is 2.48. The maximum absolute atomic E-state index is 12.3. The van der Waals surface area contributed by atoms with Crippen molar-refractivity contribution in [1.29, 1.82) is 0 Å². The van der Waals surface area contributed by atoms with Gasteiger partial charge < -0.3 is 14.7 Å². The van der Waals surface area contributed by atoms with Gasteiger partial charge in [-0.1, -0.05) is 6.42 Å². The Kier molecular flexibility index (Phi) is 3.71. The van der Waals surface area contributed by atoms with E-state index in [1.54, 1.807) is 4.90 Å². The molecule has 1 amide bonds. The molecule has 2 bridgehead atoms. The third kappa shape index (κ3) is 2.55. The second-order valence-corrected chi connectivity index (χ2v) is 6.68. The molecule has 1 heterocycles. The Morgan fingerprint density at radius 2 is 1.90 bits per heavy atom. The first kappa shape index (κ1) is 13.9. The second-order valence-electron chi connectivity index (χ2n) is 6.68. The minimum Gasteiger partial charge on any atom is -0.479 e. The third-order valence-electron chi connectivity index (χ3n) is 5.34. The van der Waals surface area contributed by atoms with Crippen LogP contribution in [0.1, 0.15) is 38.5 Å². The molecule has 2 aliphatic carbocycles. The van der Waals surface area contributed by atoms with Gasteiger partial charge in [0.2, 0.25) is 0 Å². The van der Waals surface area contributed by atoms with Gasteiger partial charge in [-0.15, -0.1) is 0 Å². The zero-order valence-electron chi connectivity index (χ0n) is 12.0. The van der Waals surface area contributed by atoms with Gasteiger partial charge in [0, 0.05) is 13.6 Å². The molecule has 0 aromatic carbocycles. The molecule has 20 heavy (non-hydrogen) atoms. The van der Waals surface area contributed by atoms with E-state index in [2.05, 4.69) is 0 Å². The first-order valence-electron chi connectivity index (χ1n) is 7.68. The summed E-state index contributed by atoms with van der Waals surface area (Å²) in [7, 11) is 1.83. The molecule has 3 aliphatic rings. The van der Waals surface area contributed by atoms with E-state index in [9.17, 15) is 9.59 Å². The number of carboxylic acid groups (broad SMARTS) is 1. The molecule has 0 aromatic heterocycles. The molecule has 2 saturated carbocycles. The van der Waals surface area contributed by atoms with Crippen LogP contribution < -0.4 is 0 Å². The largest absolute Gasteiger partial charge is 0.479 e. The van der Waals surface area contributed by atoms with E-state index >= 15 is 0 Å². The van der Waals surface area contributed by atoms with E-state index in [0.717, 1.165) is 18.4 Å². The number of likely N-dealkylation sites (N-methyl/N-ethyl adjacent to an activating group) is 1. The molecule has 0 radical (unpaired) electrons. The zero-order valence-corrected chi connectivity index (χ0v) is 12.0. The average Bonchev–Trinajstić information content (AvgIpc) is 3.13. The van der Waals surface area contributed by atoms with Gasteiger partial charge in [-0.05, 0) is 49.9 Å². The van der Waals surface area contributed by atoms with E-state index in [-0.39, 0.29) is 5.91 Å². The number of rotatable bonds is 4. The predicted octanol–water partition coefficient (Wildman–Crippen LogP) is 1.51. The summed E-state index contributed by atoms with van der Waals surface area (Å²) in [4.78, 5) is 24.9. The quantitative estimate of drug-likeness (QED) is 0.848. The lowest BCUT2D eigenvalue weighted by atomic mass is 9.88. The summed E-state index contributed by atoms with van der Waals surface area (Å²) in [6, 6.07) is 0. The number of carbonyl (C=O) groups excluding carboxylic acids is 1. The second kappa shape index (κ2) is 5.35. The molecule has 0 spiro atoms. The lowest BCUT2D eigenvalue weighted by Gasteiger charge is -2.28. The monoisotopic (exact) mass is 281 g/mol. The van der Waals surface area contributed by atoms with Crippen LogP contribution in [-0.4, -0.2) is 47.7 Å². The number of aliphatic carboxylic acids is 1. The van der Waals surface area contributed by atoms with Gasteiger partial charge in [0.25, 0.3) is 5.91 Å². The Morgan fingerprint density at radius 3 is 2.45 bits per heavy atom. The highest BCUT2D eigenvalue weighted by molar-refractivity contribution is 5.82. The molecule has 1 saturated heterocycles. The van der Waals surface area contributed by atoms with Crippen molar-refractivity contribution in [1.82, 2.24) is 4.90 Å². The van der Waals surface area contributed by atoms with Crippen LogP contribution in [0.4, 0.5) is 0 Å². The first-order chi connectivity index (χ1) is 9.54. The summed E-state index contributed by atoms with van der Waals surface area (Å²) in [5.74, 6) is 1.31. The van der Waals surface area contributed by atoms with Crippen LogP contribution in [-0.2, 0) is 14.3 Å². The van der Waals surface area contributed by atoms with Gasteiger partial charge in [-0.2, -0.15) is 0 Å². The summed E-state index contributed by atoms with van der Waals surface area (Å²) < 4.78 is 5.34. The van der Waals surface area contributed by atoms with Crippen molar-refractivity contribution in [3.8, 4) is 0 Å². The lowest BCUT2D eigenvalue weighted by molar-refractivity contribution is -0.154. The van der Waals surface area contributed by atoms with Gasteiger partial charge in [0.1, 0.15) is 6.10 Å². The minimum atomic E-state index is -0.962. The van der Waals surface area contributed by atoms with Gasteiger partial charge in [0.05, 0.1) is 0 Å². The van der Waals surface area contributed by atoms with Crippen molar-refractivity contribution >= 4 is 11.9 Å². The Bertz CT molecular complexity index is 411. The lowest BCUT2D eigenvalue weighted by Crippen LogP contribution is -2.40. The van der Waals surface area contributed by atoms with Gasteiger partial charge >= 0.3 is 5.97 Å². The van der Waals surface area contributed by atoms with Crippen LogP contribution in [0.2, 0.25) is 0 Å². The Labute approximate surface area is 119 Å². The van der Waals surface area contributed by atoms with Crippen LogP contribution in [0, 0.1) is 17.8 Å². The van der Waals surface area contributed by atoms with E-state index < -0.39 is 18.2 Å². The predicted molar refractivity (Wildman–Crippen MR) is 72.1 cm³/mol. The number of nitrogens with zero attached hydrogens (tertiary/aromatic N) is 1. The van der Waals surface area contributed by atoms with E-state index in [0.29, 0.717) is 18.8 Å². The molecule has 3 unspecified atom stereocenters. The summed E-state index contributed by atoms with van der Waals surface area (Å²) >= 11 is 0. The van der Waals surface area contributed by atoms with Crippen molar-refractivity contribution < 1.29 is 19.4 Å². The average molecular weight is 281 g/mol. The van der Waals surface area contributed by atoms with Gasteiger partial charge in [-0.3, -0.25) is 4.79 Å². The summed E-state index contributed by atoms with van der Waals surface area (Å²) in [6.07, 6.45) is 4.88. The molecular weight excluding hydrogens is 258 g/mol. The molecule has 1 N–H and O–H groups in total. The van der Waals surface area contributed by atoms with Gasteiger partial charge in [0.15, 0.2) is 6.10 Å². The SMILES string of the molecule is CN(CC1CC2CCC1C2)C(=O)[C@@H]1CC[C@H](C(=O)O)O1. The fourth-order valence-electron chi connectivity index (χ4n) is 4.29. The Hall–Kier alpha value is -1.10. The fraction of sp³-hybridized carbons (Fsp3) is 0.867. The summed E-state index contributed by atoms with van der Waals surface area (Å²) in [5, 5.41) is 8.90. The summed E-state index contributed by atoms with van der Waals surface area (Å²) in [5.41, 5.74) is 0. The number of amides is 1. The number of hydrogen-bond donors (Lipinski definition) is 1. The van der Waals surface area contributed by atoms with E-state index in [4.69, 9.17) is 9.84 Å². The van der Waals surface area contributed by atoms with Crippen LogP contribution in [0.3, 0.4) is 0 Å². The van der Waals surface area contributed by atoms with Crippen LogP contribution >= 0.6 is 0 Å². The van der Waals surface area contributed by atoms with Crippen molar-refractivity contribution in [2.45, 2.75) is 50.7 Å². The smallest absolute Gasteiger partial charge is 0.332 e. The first-order valence-corrected chi connectivity index (χ1v) is 7.68. The molecule has 3 rings (SSSR count). The number of carbonyl (C=O) groups is 2. The van der Waals surface area contributed by atoms with Crippen LogP contribution in [0.15, 0.2) is 0 Å². The number of ether oxygens (including phenoxy) is 1. The normalized spacial score (nSPS) is 39.1. The third-order valence-corrected chi connectivity index (χ3v) is 5.34. The van der Waals surface area contributed by atoms with Crippen molar-refractivity contribution in [2.75, 3.05) is 13.6 Å². The highest BCUT2D eigenvalue weighted by Gasteiger charge is 2.41. The van der Waals surface area contributed by atoms with Gasteiger partial charge in [-0.25, -0.2) is 4.79 Å². The Morgan fingerprint density at radius 1 is 1.15 bits per heavy atom. The van der Waals surface area contributed by atoms with Crippen molar-refractivity contribution in [3.63, 3.8) is 0 Å². The molecule has 5 nitrogen and oxygen atoms in total. The maximum Gasteiger partial charge on any atom is 0.332 e. The topological polar surface area (TPSA) is 66.8 Å². The van der Waals surface area contributed by atoms with Crippen LogP contribution in [0.5, 0.6) is 0 Å². The fourth-order valence-corrected chi connectivity index (χ4v) is 4.29. The Balaban J connectivity index is 1.51. The molecule has 5 heteroatoms. The minimum absolute atomic E-state index is 0.0449. The maximum atomic E-state index is 12.3. The molecular formula is C15H23NO4.